The Balaban J connectivity index is 1.38. The second kappa shape index (κ2) is 13.3. The van der Waals surface area contributed by atoms with Gasteiger partial charge in [0.2, 0.25) is 0 Å². The first-order valence-electron chi connectivity index (χ1n) is 12.8. The van der Waals surface area contributed by atoms with Gasteiger partial charge in [-0.3, -0.25) is 15.5 Å². The molecule has 0 bridgehead atoms. The van der Waals surface area contributed by atoms with Crippen LogP contribution in [0.2, 0.25) is 0 Å². The molecule has 220 valence electrons. The number of rotatable bonds is 12. The number of carbonyl (C=O) groups excluding carboxylic acids is 2. The number of carbonyl (C=O) groups is 2. The lowest BCUT2D eigenvalue weighted by molar-refractivity contribution is -0.384. The highest BCUT2D eigenvalue weighted by Gasteiger charge is 2.32. The molecule has 2 heterocycles. The SMILES string of the molecule is CCOc1cc([C@H]2NC(=O)NC(C)=C2C(=O)OC)ccc1OC[C@@H](O)N/N=C/c1ccc(-c2ccc([N+](=O)[O-])cc2)o1. The molecule has 1 aliphatic heterocycles. The Morgan fingerprint density at radius 1 is 1.19 bits per heavy atom. The van der Waals surface area contributed by atoms with E-state index in [-0.39, 0.29) is 17.9 Å². The van der Waals surface area contributed by atoms with Gasteiger partial charge in [0.05, 0.1) is 36.5 Å². The van der Waals surface area contributed by atoms with E-state index in [2.05, 4.69) is 21.2 Å². The molecule has 0 saturated heterocycles. The van der Waals surface area contributed by atoms with Crippen molar-refractivity contribution >= 4 is 23.9 Å². The van der Waals surface area contributed by atoms with E-state index in [9.17, 15) is 24.8 Å². The Hall–Kier alpha value is -5.37. The van der Waals surface area contributed by atoms with Crippen LogP contribution in [0.25, 0.3) is 11.3 Å². The normalized spacial score (nSPS) is 15.5. The summed E-state index contributed by atoms with van der Waals surface area (Å²) in [7, 11) is 1.26. The minimum Gasteiger partial charge on any atom is -0.490 e. The smallest absolute Gasteiger partial charge is 0.337 e. The largest absolute Gasteiger partial charge is 0.490 e. The fourth-order valence-electron chi connectivity index (χ4n) is 4.13. The number of aliphatic hydroxyl groups is 1. The van der Waals surface area contributed by atoms with Gasteiger partial charge in [-0.1, -0.05) is 6.07 Å². The zero-order valence-corrected chi connectivity index (χ0v) is 23.0. The molecule has 0 aliphatic carbocycles. The van der Waals surface area contributed by atoms with Gasteiger partial charge in [-0.25, -0.2) is 9.59 Å². The number of nitro benzene ring substituents is 1. The molecule has 0 fully saturated rings. The molecule has 2 amide bonds. The summed E-state index contributed by atoms with van der Waals surface area (Å²) in [5, 5.41) is 30.4. The number of hydrogen-bond donors (Lipinski definition) is 4. The molecular weight excluding hydrogens is 550 g/mol. The molecular formula is C28H29N5O9. The molecule has 2 atom stereocenters. The van der Waals surface area contributed by atoms with Crippen molar-refractivity contribution in [2.75, 3.05) is 20.3 Å². The molecule has 14 heteroatoms. The van der Waals surface area contributed by atoms with Crippen LogP contribution in [0.15, 0.2) is 75.4 Å². The number of nitrogens with one attached hydrogen (secondary N) is 3. The van der Waals surface area contributed by atoms with Crippen LogP contribution < -0.4 is 25.5 Å². The Kier molecular flexibility index (Phi) is 9.39. The maximum absolute atomic E-state index is 12.4. The zero-order valence-electron chi connectivity index (χ0n) is 23.0. The van der Waals surface area contributed by atoms with Crippen molar-refractivity contribution in [2.24, 2.45) is 5.10 Å². The highest BCUT2D eigenvalue weighted by atomic mass is 16.6. The number of ether oxygens (including phenoxy) is 3. The fraction of sp³-hybridized carbons (Fsp3) is 0.250. The van der Waals surface area contributed by atoms with Gasteiger partial charge in [0.1, 0.15) is 18.1 Å². The molecule has 0 saturated carbocycles. The molecule has 4 N–H and O–H groups in total. The average molecular weight is 580 g/mol. The predicted octanol–water partition coefficient (Wildman–Crippen LogP) is 3.38. The summed E-state index contributed by atoms with van der Waals surface area (Å²) in [5.41, 5.74) is 4.36. The Morgan fingerprint density at radius 2 is 1.95 bits per heavy atom. The fourth-order valence-corrected chi connectivity index (χ4v) is 4.13. The lowest BCUT2D eigenvalue weighted by atomic mass is 9.95. The van der Waals surface area contributed by atoms with Crippen LogP contribution in [0.4, 0.5) is 10.5 Å². The molecule has 0 spiro atoms. The van der Waals surface area contributed by atoms with Crippen LogP contribution in [0, 0.1) is 10.1 Å². The van der Waals surface area contributed by atoms with Gasteiger partial charge in [-0.2, -0.15) is 5.10 Å². The van der Waals surface area contributed by atoms with E-state index in [1.165, 1.54) is 25.5 Å². The average Bonchev–Trinajstić information content (AvgIpc) is 3.45. The Labute approximate surface area is 240 Å². The topological polar surface area (TPSA) is 187 Å². The molecule has 42 heavy (non-hydrogen) atoms. The van der Waals surface area contributed by atoms with Gasteiger partial charge in [0.15, 0.2) is 17.7 Å². The standard InChI is InChI=1S/C28H29N5O9/c1-4-40-23-13-18(26-25(27(35)39-3)16(2)30-28(36)31-26)7-11-22(23)41-15-24(34)32-29-14-20-10-12-21(42-20)17-5-8-19(9-6-17)33(37)38/h5-14,24,26,32,34H,4,15H2,1-3H3,(H2,30,31,36)/b29-14+/t24-,26-/m1/s1. The number of hydrogen-bond acceptors (Lipinski definition) is 11. The van der Waals surface area contributed by atoms with Crippen LogP contribution in [0.1, 0.15) is 31.2 Å². The highest BCUT2D eigenvalue weighted by molar-refractivity contribution is 5.95. The van der Waals surface area contributed by atoms with E-state index in [1.54, 1.807) is 56.3 Å². The van der Waals surface area contributed by atoms with E-state index in [0.717, 1.165) is 0 Å². The van der Waals surface area contributed by atoms with Gasteiger partial charge in [-0.15, -0.1) is 0 Å². The van der Waals surface area contributed by atoms with Crippen molar-refractivity contribution in [1.29, 1.82) is 0 Å². The van der Waals surface area contributed by atoms with Crippen LogP contribution in [0.5, 0.6) is 11.5 Å². The Bertz CT molecular complexity index is 1510. The number of allylic oxidation sites excluding steroid dienone is 1. The van der Waals surface area contributed by atoms with Crippen LogP contribution in [-0.2, 0) is 9.53 Å². The minimum atomic E-state index is -1.19. The predicted molar refractivity (Wildman–Crippen MR) is 150 cm³/mol. The number of esters is 1. The first kappa shape index (κ1) is 29.6. The molecule has 14 nitrogen and oxygen atoms in total. The summed E-state index contributed by atoms with van der Waals surface area (Å²) in [5.74, 6) is 0.962. The molecule has 0 unspecified atom stereocenters. The Morgan fingerprint density at radius 3 is 2.64 bits per heavy atom. The molecule has 1 aliphatic rings. The molecule has 3 aromatic rings. The number of urea groups is 1. The number of hydrazone groups is 1. The third-order valence-corrected chi connectivity index (χ3v) is 6.08. The van der Waals surface area contributed by atoms with E-state index in [1.807, 2.05) is 0 Å². The lowest BCUT2D eigenvalue weighted by Gasteiger charge is -2.28. The van der Waals surface area contributed by atoms with Crippen molar-refractivity contribution in [3.63, 3.8) is 0 Å². The molecule has 1 aromatic heterocycles. The number of nitro groups is 1. The van der Waals surface area contributed by atoms with E-state index >= 15 is 0 Å². The summed E-state index contributed by atoms with van der Waals surface area (Å²) in [6, 6.07) is 13.0. The number of nitrogens with zero attached hydrogens (tertiary/aromatic N) is 2. The third kappa shape index (κ3) is 7.03. The van der Waals surface area contributed by atoms with Gasteiger partial charge >= 0.3 is 12.0 Å². The van der Waals surface area contributed by atoms with Gasteiger partial charge in [-0.05, 0) is 55.8 Å². The summed E-state index contributed by atoms with van der Waals surface area (Å²) in [4.78, 5) is 34.9. The van der Waals surface area contributed by atoms with Gasteiger partial charge in [0.25, 0.3) is 5.69 Å². The number of amides is 2. The molecule has 0 radical (unpaired) electrons. The maximum atomic E-state index is 12.4. The zero-order chi connectivity index (χ0) is 30.2. The van der Waals surface area contributed by atoms with Crippen molar-refractivity contribution in [2.45, 2.75) is 26.1 Å². The van der Waals surface area contributed by atoms with Crippen molar-refractivity contribution in [1.82, 2.24) is 16.1 Å². The number of furan rings is 1. The molecule has 4 rings (SSSR count). The number of aliphatic hydroxyl groups excluding tert-OH is 1. The first-order chi connectivity index (χ1) is 20.2. The van der Waals surface area contributed by atoms with Crippen LogP contribution >= 0.6 is 0 Å². The van der Waals surface area contributed by atoms with Crippen molar-refractivity contribution < 1.29 is 38.2 Å². The first-order valence-corrected chi connectivity index (χ1v) is 12.8. The maximum Gasteiger partial charge on any atom is 0.337 e. The van der Waals surface area contributed by atoms with E-state index in [0.29, 0.717) is 46.5 Å². The lowest BCUT2D eigenvalue weighted by Crippen LogP contribution is -2.45. The number of non-ortho nitro benzene ring substituents is 1. The van der Waals surface area contributed by atoms with E-state index in [4.69, 9.17) is 18.6 Å². The van der Waals surface area contributed by atoms with Crippen molar-refractivity contribution in [3.05, 3.63) is 87.3 Å². The summed E-state index contributed by atoms with van der Waals surface area (Å²) in [6.45, 7) is 3.52. The monoisotopic (exact) mass is 579 g/mol. The number of benzene rings is 2. The number of methoxy groups -OCH3 is 1. The summed E-state index contributed by atoms with van der Waals surface area (Å²) >= 11 is 0. The van der Waals surface area contributed by atoms with E-state index < -0.39 is 29.2 Å². The van der Waals surface area contributed by atoms with Crippen LogP contribution in [-0.4, -0.2) is 54.8 Å². The molecule has 2 aromatic carbocycles. The minimum absolute atomic E-state index is 0.0213. The third-order valence-electron chi connectivity index (χ3n) is 6.08. The summed E-state index contributed by atoms with van der Waals surface area (Å²) < 4.78 is 22.0. The van der Waals surface area contributed by atoms with Gasteiger partial charge in [0, 0.05) is 23.4 Å². The van der Waals surface area contributed by atoms with Crippen LogP contribution in [0.3, 0.4) is 0 Å². The second-order valence-electron chi connectivity index (χ2n) is 8.92. The second-order valence-corrected chi connectivity index (χ2v) is 8.92. The quantitative estimate of drug-likeness (QED) is 0.0814. The highest BCUT2D eigenvalue weighted by Crippen LogP contribution is 2.35. The van der Waals surface area contributed by atoms with Gasteiger partial charge < -0.3 is 34.4 Å². The summed E-state index contributed by atoms with van der Waals surface area (Å²) in [6.07, 6.45) is 0.167. The van der Waals surface area contributed by atoms with Crippen molar-refractivity contribution in [3.8, 4) is 22.8 Å².